The Hall–Kier alpha value is -2.30. The topological polar surface area (TPSA) is 75.4 Å². The van der Waals surface area contributed by atoms with Crippen LogP contribution >= 0.6 is 0 Å². The largest absolute Gasteiger partial charge is 0.399 e. The molecular weight excluding hydrogens is 254 g/mol. The lowest BCUT2D eigenvalue weighted by Crippen LogP contribution is -2.63. The summed E-state index contributed by atoms with van der Waals surface area (Å²) >= 11 is 0. The van der Waals surface area contributed by atoms with Crippen LogP contribution in [-0.4, -0.2) is 35.3 Å². The molecule has 1 saturated heterocycles. The number of nitrogens with two attached hydrogens (primary N) is 1. The van der Waals surface area contributed by atoms with Crippen LogP contribution in [0.1, 0.15) is 19.4 Å². The van der Waals surface area contributed by atoms with Gasteiger partial charge in [-0.2, -0.15) is 0 Å². The molecule has 106 valence electrons. The molecule has 0 aliphatic carbocycles. The van der Waals surface area contributed by atoms with Crippen LogP contribution in [0.5, 0.6) is 0 Å². The molecule has 1 aromatic rings. The number of nitrogens with one attached hydrogen (secondary N) is 1. The van der Waals surface area contributed by atoms with Crippen molar-refractivity contribution in [3.8, 4) is 0 Å². The summed E-state index contributed by atoms with van der Waals surface area (Å²) in [6.07, 6.45) is 3.22. The van der Waals surface area contributed by atoms with Crippen LogP contribution < -0.4 is 11.1 Å². The first kappa shape index (κ1) is 14.1. The van der Waals surface area contributed by atoms with Crippen LogP contribution in [0.25, 0.3) is 6.08 Å². The number of carbonyl (C=O) groups is 2. The van der Waals surface area contributed by atoms with E-state index in [9.17, 15) is 9.59 Å². The van der Waals surface area contributed by atoms with Gasteiger partial charge in [-0.25, -0.2) is 0 Å². The summed E-state index contributed by atoms with van der Waals surface area (Å²) in [6.45, 7) is 4.50. The minimum absolute atomic E-state index is 0.127. The highest BCUT2D eigenvalue weighted by atomic mass is 16.2. The highest BCUT2D eigenvalue weighted by Crippen LogP contribution is 2.18. The molecule has 5 heteroatoms. The van der Waals surface area contributed by atoms with E-state index >= 15 is 0 Å². The second kappa shape index (κ2) is 5.36. The average Bonchev–Trinajstić information content (AvgIpc) is 2.41. The standard InChI is InChI=1S/C15H19N3O2/c1-15(2)14(20)17-9-10-18(15)13(19)8-5-11-3-6-12(16)7-4-11/h3-8H,9-10,16H2,1-2H3,(H,17,20)/b8-5+. The van der Waals surface area contributed by atoms with Gasteiger partial charge in [-0.3, -0.25) is 9.59 Å². The van der Waals surface area contributed by atoms with E-state index in [1.54, 1.807) is 37.0 Å². The molecule has 20 heavy (non-hydrogen) atoms. The Bertz CT molecular complexity index is 547. The van der Waals surface area contributed by atoms with Crippen molar-refractivity contribution in [1.82, 2.24) is 10.2 Å². The Labute approximate surface area is 118 Å². The summed E-state index contributed by atoms with van der Waals surface area (Å²) in [5, 5.41) is 2.77. The number of nitrogens with zero attached hydrogens (tertiary/aromatic N) is 1. The molecule has 0 saturated carbocycles. The third-order valence-corrected chi connectivity index (χ3v) is 3.47. The number of nitrogen functional groups attached to an aromatic ring is 1. The van der Waals surface area contributed by atoms with Gasteiger partial charge in [0.1, 0.15) is 5.54 Å². The maximum absolute atomic E-state index is 12.2. The maximum Gasteiger partial charge on any atom is 0.247 e. The molecule has 2 rings (SSSR count). The number of anilines is 1. The van der Waals surface area contributed by atoms with E-state index in [0.29, 0.717) is 18.8 Å². The fraction of sp³-hybridized carbons (Fsp3) is 0.333. The van der Waals surface area contributed by atoms with Crippen molar-refractivity contribution >= 4 is 23.6 Å². The van der Waals surface area contributed by atoms with Gasteiger partial charge < -0.3 is 16.0 Å². The Morgan fingerprint density at radius 2 is 2.00 bits per heavy atom. The number of amides is 2. The summed E-state index contributed by atoms with van der Waals surface area (Å²) in [4.78, 5) is 25.6. The summed E-state index contributed by atoms with van der Waals surface area (Å²) in [7, 11) is 0. The van der Waals surface area contributed by atoms with Crippen molar-refractivity contribution in [2.24, 2.45) is 0 Å². The summed E-state index contributed by atoms with van der Waals surface area (Å²) < 4.78 is 0. The highest BCUT2D eigenvalue weighted by molar-refractivity contribution is 5.98. The zero-order chi connectivity index (χ0) is 14.8. The molecule has 0 spiro atoms. The molecule has 3 N–H and O–H groups in total. The molecule has 1 aliphatic heterocycles. The van der Waals surface area contributed by atoms with Crippen molar-refractivity contribution in [2.75, 3.05) is 18.8 Å². The van der Waals surface area contributed by atoms with Gasteiger partial charge in [0.05, 0.1) is 0 Å². The fourth-order valence-corrected chi connectivity index (χ4v) is 2.15. The van der Waals surface area contributed by atoms with Crippen LogP contribution in [0.2, 0.25) is 0 Å². The van der Waals surface area contributed by atoms with Gasteiger partial charge in [0.25, 0.3) is 0 Å². The Kier molecular flexibility index (Phi) is 3.79. The Balaban J connectivity index is 2.11. The van der Waals surface area contributed by atoms with Crippen molar-refractivity contribution in [1.29, 1.82) is 0 Å². The van der Waals surface area contributed by atoms with Gasteiger partial charge in [0.2, 0.25) is 11.8 Å². The number of hydrogen-bond acceptors (Lipinski definition) is 3. The van der Waals surface area contributed by atoms with Gasteiger partial charge in [-0.05, 0) is 37.6 Å². The molecule has 2 amide bonds. The second-order valence-corrected chi connectivity index (χ2v) is 5.30. The van der Waals surface area contributed by atoms with Gasteiger partial charge in [-0.1, -0.05) is 12.1 Å². The SMILES string of the molecule is CC1(C)C(=O)NCCN1C(=O)/C=C/c1ccc(N)cc1. The van der Waals surface area contributed by atoms with Crippen molar-refractivity contribution in [3.63, 3.8) is 0 Å². The number of piperazine rings is 1. The van der Waals surface area contributed by atoms with Crippen molar-refractivity contribution in [3.05, 3.63) is 35.9 Å². The fourth-order valence-electron chi connectivity index (χ4n) is 2.15. The molecule has 0 radical (unpaired) electrons. The molecule has 0 unspecified atom stereocenters. The van der Waals surface area contributed by atoms with E-state index in [1.165, 1.54) is 6.08 Å². The molecule has 1 fully saturated rings. The molecule has 1 aliphatic rings. The number of benzene rings is 1. The number of rotatable bonds is 2. The number of hydrogen-bond donors (Lipinski definition) is 2. The summed E-state index contributed by atoms with van der Waals surface area (Å²) in [5.74, 6) is -0.292. The van der Waals surface area contributed by atoms with Crippen LogP contribution in [0.4, 0.5) is 5.69 Å². The van der Waals surface area contributed by atoms with E-state index in [4.69, 9.17) is 5.73 Å². The minimum Gasteiger partial charge on any atom is -0.399 e. The van der Waals surface area contributed by atoms with E-state index in [-0.39, 0.29) is 11.8 Å². The van der Waals surface area contributed by atoms with Gasteiger partial charge >= 0.3 is 0 Å². The van der Waals surface area contributed by atoms with Gasteiger partial charge in [-0.15, -0.1) is 0 Å². The van der Waals surface area contributed by atoms with Crippen LogP contribution in [-0.2, 0) is 9.59 Å². The van der Waals surface area contributed by atoms with Crippen molar-refractivity contribution < 1.29 is 9.59 Å². The normalized spacial score (nSPS) is 18.1. The third-order valence-electron chi connectivity index (χ3n) is 3.47. The zero-order valence-electron chi connectivity index (χ0n) is 11.7. The lowest BCUT2D eigenvalue weighted by molar-refractivity contribution is -0.146. The highest BCUT2D eigenvalue weighted by Gasteiger charge is 2.39. The molecular formula is C15H19N3O2. The average molecular weight is 273 g/mol. The minimum atomic E-state index is -0.819. The zero-order valence-corrected chi connectivity index (χ0v) is 11.7. The first-order valence-corrected chi connectivity index (χ1v) is 6.55. The van der Waals surface area contributed by atoms with Crippen LogP contribution in [0.15, 0.2) is 30.3 Å². The predicted molar refractivity (Wildman–Crippen MR) is 78.7 cm³/mol. The summed E-state index contributed by atoms with van der Waals surface area (Å²) in [5.41, 5.74) is 6.37. The molecule has 0 aromatic heterocycles. The van der Waals surface area contributed by atoms with Gasteiger partial charge in [0.15, 0.2) is 0 Å². The molecule has 1 aromatic carbocycles. The predicted octanol–water partition coefficient (Wildman–Crippen LogP) is 1.02. The van der Waals surface area contributed by atoms with E-state index < -0.39 is 5.54 Å². The third kappa shape index (κ3) is 2.82. The molecule has 0 bridgehead atoms. The maximum atomic E-state index is 12.2. The van der Waals surface area contributed by atoms with Crippen LogP contribution in [0, 0.1) is 0 Å². The van der Waals surface area contributed by atoms with Crippen LogP contribution in [0.3, 0.4) is 0 Å². The Morgan fingerprint density at radius 1 is 1.35 bits per heavy atom. The van der Waals surface area contributed by atoms with E-state index in [0.717, 1.165) is 5.56 Å². The van der Waals surface area contributed by atoms with E-state index in [1.807, 2.05) is 12.1 Å². The summed E-state index contributed by atoms with van der Waals surface area (Å²) in [6, 6.07) is 7.24. The first-order valence-electron chi connectivity index (χ1n) is 6.55. The molecule has 0 atom stereocenters. The van der Waals surface area contributed by atoms with E-state index in [2.05, 4.69) is 5.32 Å². The van der Waals surface area contributed by atoms with Gasteiger partial charge in [0, 0.05) is 24.9 Å². The monoisotopic (exact) mass is 273 g/mol. The quantitative estimate of drug-likeness (QED) is 0.624. The lowest BCUT2D eigenvalue weighted by Gasteiger charge is -2.40. The lowest BCUT2D eigenvalue weighted by atomic mass is 9.98. The molecule has 1 heterocycles. The molecule has 5 nitrogen and oxygen atoms in total. The van der Waals surface area contributed by atoms with Crippen molar-refractivity contribution in [2.45, 2.75) is 19.4 Å². The first-order chi connectivity index (χ1) is 9.41. The second-order valence-electron chi connectivity index (χ2n) is 5.30. The smallest absolute Gasteiger partial charge is 0.247 e. The number of carbonyl (C=O) groups excluding carboxylic acids is 2. The Morgan fingerprint density at radius 3 is 2.65 bits per heavy atom.